The van der Waals surface area contributed by atoms with Gasteiger partial charge >= 0.3 is 0 Å². The maximum absolute atomic E-state index is 9.39. The molecule has 0 amide bonds. The van der Waals surface area contributed by atoms with Crippen LogP contribution in [-0.2, 0) is 6.54 Å². The van der Waals surface area contributed by atoms with Gasteiger partial charge in [0.15, 0.2) is 0 Å². The number of nitrogens with one attached hydrogen (secondary N) is 1. The van der Waals surface area contributed by atoms with Crippen LogP contribution in [0.2, 0.25) is 0 Å². The van der Waals surface area contributed by atoms with Crippen LogP contribution in [0.25, 0.3) is 0 Å². The van der Waals surface area contributed by atoms with Crippen molar-refractivity contribution in [1.82, 2.24) is 9.78 Å². The van der Waals surface area contributed by atoms with Gasteiger partial charge in [-0.25, -0.2) is 0 Å². The van der Waals surface area contributed by atoms with Gasteiger partial charge in [0, 0.05) is 12.2 Å². The van der Waals surface area contributed by atoms with Crippen LogP contribution in [0.1, 0.15) is 25.8 Å². The Kier molecular flexibility index (Phi) is 5.18. The van der Waals surface area contributed by atoms with Crippen molar-refractivity contribution in [2.75, 3.05) is 11.9 Å². The van der Waals surface area contributed by atoms with E-state index in [1.165, 1.54) is 5.56 Å². The van der Waals surface area contributed by atoms with Crippen LogP contribution in [0.4, 0.5) is 5.69 Å². The second-order valence-corrected chi connectivity index (χ2v) is 5.57. The van der Waals surface area contributed by atoms with E-state index in [0.717, 1.165) is 18.7 Å². The third-order valence-electron chi connectivity index (χ3n) is 3.17. The summed E-state index contributed by atoms with van der Waals surface area (Å²) in [5.41, 5.74) is 2.18. The summed E-state index contributed by atoms with van der Waals surface area (Å²) in [4.78, 5) is 0. The van der Waals surface area contributed by atoms with Gasteiger partial charge in [0.05, 0.1) is 25.0 Å². The van der Waals surface area contributed by atoms with Crippen molar-refractivity contribution < 1.29 is 5.11 Å². The number of hydrogen-bond donors (Lipinski definition) is 2. The van der Waals surface area contributed by atoms with E-state index >= 15 is 0 Å². The van der Waals surface area contributed by atoms with Gasteiger partial charge in [0.25, 0.3) is 0 Å². The molecule has 0 radical (unpaired) electrons. The Morgan fingerprint density at radius 1 is 1.25 bits per heavy atom. The van der Waals surface area contributed by atoms with Crippen LogP contribution in [0.15, 0.2) is 42.7 Å². The van der Waals surface area contributed by atoms with E-state index in [1.807, 2.05) is 35.3 Å². The first-order valence-corrected chi connectivity index (χ1v) is 7.11. The van der Waals surface area contributed by atoms with Crippen molar-refractivity contribution in [1.29, 1.82) is 0 Å². The average Bonchev–Trinajstić information content (AvgIpc) is 2.86. The zero-order valence-electron chi connectivity index (χ0n) is 12.2. The molecule has 1 aromatic heterocycles. The highest BCUT2D eigenvalue weighted by atomic mass is 16.3. The maximum Gasteiger partial charge on any atom is 0.0729 e. The molecule has 4 nitrogen and oxygen atoms in total. The summed E-state index contributed by atoms with van der Waals surface area (Å²) in [6.45, 7) is 5.21. The topological polar surface area (TPSA) is 50.1 Å². The fourth-order valence-electron chi connectivity index (χ4n) is 2.28. The Morgan fingerprint density at radius 3 is 2.65 bits per heavy atom. The van der Waals surface area contributed by atoms with E-state index < -0.39 is 0 Å². The minimum Gasteiger partial charge on any atom is -0.394 e. The van der Waals surface area contributed by atoms with Crippen LogP contribution < -0.4 is 5.32 Å². The lowest BCUT2D eigenvalue weighted by Gasteiger charge is -2.18. The van der Waals surface area contributed by atoms with Crippen molar-refractivity contribution in [3.05, 3.63) is 48.3 Å². The molecule has 2 aromatic rings. The molecular formula is C16H23N3O. The zero-order valence-corrected chi connectivity index (χ0v) is 12.2. The Bertz CT molecular complexity index is 507. The minimum absolute atomic E-state index is 0.0874. The van der Waals surface area contributed by atoms with E-state index in [9.17, 15) is 5.11 Å². The number of aliphatic hydroxyl groups is 1. The Morgan fingerprint density at radius 2 is 2.00 bits per heavy atom. The highest BCUT2D eigenvalue weighted by molar-refractivity contribution is 5.39. The van der Waals surface area contributed by atoms with Crippen molar-refractivity contribution in [3.8, 4) is 0 Å². The minimum atomic E-state index is 0.0874. The molecular weight excluding hydrogens is 250 g/mol. The highest BCUT2D eigenvalue weighted by Crippen LogP contribution is 2.13. The zero-order chi connectivity index (χ0) is 14.4. The number of benzene rings is 1. The van der Waals surface area contributed by atoms with E-state index in [0.29, 0.717) is 5.92 Å². The summed E-state index contributed by atoms with van der Waals surface area (Å²) in [5, 5.41) is 17.1. The molecule has 20 heavy (non-hydrogen) atoms. The fourth-order valence-corrected chi connectivity index (χ4v) is 2.28. The second kappa shape index (κ2) is 7.10. The van der Waals surface area contributed by atoms with Gasteiger partial charge in [0.1, 0.15) is 0 Å². The molecule has 0 spiro atoms. The molecule has 0 saturated heterocycles. The summed E-state index contributed by atoms with van der Waals surface area (Å²) in [5.74, 6) is 0.555. The van der Waals surface area contributed by atoms with Crippen molar-refractivity contribution >= 4 is 5.69 Å². The number of rotatable bonds is 7. The Hall–Kier alpha value is -1.81. The van der Waals surface area contributed by atoms with Crippen LogP contribution in [-0.4, -0.2) is 27.5 Å². The molecule has 0 unspecified atom stereocenters. The lowest BCUT2D eigenvalue weighted by atomic mass is 10.0. The molecule has 0 aliphatic rings. The van der Waals surface area contributed by atoms with E-state index in [2.05, 4.69) is 36.4 Å². The SMILES string of the molecule is CC(C)C[C@H](CO)Nc1cnn(Cc2ccccc2)c1. The molecule has 1 aromatic carbocycles. The lowest BCUT2D eigenvalue weighted by molar-refractivity contribution is 0.259. The molecule has 1 atom stereocenters. The molecule has 0 bridgehead atoms. The van der Waals surface area contributed by atoms with Crippen molar-refractivity contribution in [2.24, 2.45) is 5.92 Å². The summed E-state index contributed by atoms with van der Waals surface area (Å²) < 4.78 is 1.90. The van der Waals surface area contributed by atoms with E-state index in [-0.39, 0.29) is 12.6 Å². The number of nitrogens with zero attached hydrogens (tertiary/aromatic N) is 2. The third-order valence-corrected chi connectivity index (χ3v) is 3.17. The van der Waals surface area contributed by atoms with Gasteiger partial charge in [-0.2, -0.15) is 5.10 Å². The summed E-state index contributed by atoms with van der Waals surface area (Å²) >= 11 is 0. The molecule has 0 fully saturated rings. The van der Waals surface area contributed by atoms with Gasteiger partial charge in [-0.05, 0) is 17.9 Å². The number of aromatic nitrogens is 2. The summed E-state index contributed by atoms with van der Waals surface area (Å²) in [6, 6.07) is 10.3. The fraction of sp³-hybridized carbons (Fsp3) is 0.438. The molecule has 2 N–H and O–H groups in total. The Balaban J connectivity index is 1.95. The Labute approximate surface area is 120 Å². The van der Waals surface area contributed by atoms with Crippen LogP contribution in [0.5, 0.6) is 0 Å². The first-order chi connectivity index (χ1) is 9.67. The summed E-state index contributed by atoms with van der Waals surface area (Å²) in [7, 11) is 0. The molecule has 108 valence electrons. The molecule has 0 aliphatic heterocycles. The van der Waals surface area contributed by atoms with Gasteiger partial charge in [-0.3, -0.25) is 4.68 Å². The summed E-state index contributed by atoms with van der Waals surface area (Å²) in [6.07, 6.45) is 4.74. The first-order valence-electron chi connectivity index (χ1n) is 7.11. The number of anilines is 1. The van der Waals surface area contributed by atoms with Gasteiger partial charge in [-0.15, -0.1) is 0 Å². The van der Waals surface area contributed by atoms with Gasteiger partial charge in [0.2, 0.25) is 0 Å². The van der Waals surface area contributed by atoms with Crippen LogP contribution >= 0.6 is 0 Å². The molecule has 0 saturated carbocycles. The standard InChI is InChI=1S/C16H23N3O/c1-13(2)8-15(12-20)18-16-9-17-19(11-16)10-14-6-4-3-5-7-14/h3-7,9,11,13,15,18,20H,8,10,12H2,1-2H3/t15-/m1/s1. The van der Waals surface area contributed by atoms with Gasteiger partial charge < -0.3 is 10.4 Å². The van der Waals surface area contributed by atoms with Crippen molar-refractivity contribution in [2.45, 2.75) is 32.9 Å². The monoisotopic (exact) mass is 273 g/mol. The molecule has 1 heterocycles. The highest BCUT2D eigenvalue weighted by Gasteiger charge is 2.10. The second-order valence-electron chi connectivity index (χ2n) is 5.57. The van der Waals surface area contributed by atoms with E-state index in [4.69, 9.17) is 0 Å². The van der Waals surface area contributed by atoms with Crippen LogP contribution in [0.3, 0.4) is 0 Å². The quantitative estimate of drug-likeness (QED) is 0.815. The predicted octanol–water partition coefficient (Wildman–Crippen LogP) is 2.75. The first kappa shape index (κ1) is 14.6. The van der Waals surface area contributed by atoms with Crippen LogP contribution in [0, 0.1) is 5.92 Å². The average molecular weight is 273 g/mol. The molecule has 2 rings (SSSR count). The maximum atomic E-state index is 9.39. The predicted molar refractivity (Wildman–Crippen MR) is 81.7 cm³/mol. The van der Waals surface area contributed by atoms with Crippen molar-refractivity contribution in [3.63, 3.8) is 0 Å². The van der Waals surface area contributed by atoms with Gasteiger partial charge in [-0.1, -0.05) is 44.2 Å². The lowest BCUT2D eigenvalue weighted by Crippen LogP contribution is -2.25. The number of aliphatic hydroxyl groups excluding tert-OH is 1. The third kappa shape index (κ3) is 4.38. The number of hydrogen-bond acceptors (Lipinski definition) is 3. The molecule has 4 heteroatoms. The molecule has 0 aliphatic carbocycles. The largest absolute Gasteiger partial charge is 0.394 e. The van der Waals surface area contributed by atoms with E-state index in [1.54, 1.807) is 0 Å². The normalized spacial score (nSPS) is 12.6. The smallest absolute Gasteiger partial charge is 0.0729 e.